The molecule has 1 aliphatic carbocycles. The van der Waals surface area contributed by atoms with Crippen LogP contribution in [0.2, 0.25) is 0 Å². The molecule has 3 aliphatic rings. The van der Waals surface area contributed by atoms with Gasteiger partial charge in [-0.25, -0.2) is 14.2 Å². The molecule has 47 heavy (non-hydrogen) atoms. The highest BCUT2D eigenvalue weighted by Crippen LogP contribution is 2.42. The lowest BCUT2D eigenvalue weighted by atomic mass is 9.78. The lowest BCUT2D eigenvalue weighted by Gasteiger charge is -2.38. The third-order valence-electron chi connectivity index (χ3n) is 8.90. The van der Waals surface area contributed by atoms with Crippen LogP contribution in [0.4, 0.5) is 9.18 Å². The number of carboxylic acid groups (broad SMARTS) is 1. The molecule has 0 saturated heterocycles. The molecule has 2 amide bonds. The number of amides is 2. The molecule has 3 atom stereocenters. The maximum absolute atomic E-state index is 14.1. The minimum atomic E-state index is -1.07. The quantitative estimate of drug-likeness (QED) is 0.238. The topological polar surface area (TPSA) is 131 Å². The Hall–Kier alpha value is -5.32. The van der Waals surface area contributed by atoms with Crippen LogP contribution in [0.3, 0.4) is 0 Å². The molecular formula is C36H35FN4O6. The van der Waals surface area contributed by atoms with Crippen LogP contribution >= 0.6 is 0 Å². The molecule has 7 rings (SSSR count). The Kier molecular flexibility index (Phi) is 9.42. The summed E-state index contributed by atoms with van der Waals surface area (Å²) in [6.45, 7) is 0.176. The van der Waals surface area contributed by atoms with Gasteiger partial charge in [-0.05, 0) is 54.0 Å². The summed E-state index contributed by atoms with van der Waals surface area (Å²) in [5.74, 6) is -1.78. The number of rotatable bonds is 11. The summed E-state index contributed by atoms with van der Waals surface area (Å²) in [5, 5.41) is 12.9. The third kappa shape index (κ3) is 7.24. The Bertz CT molecular complexity index is 1810. The van der Waals surface area contributed by atoms with Gasteiger partial charge < -0.3 is 20.1 Å². The van der Waals surface area contributed by atoms with Crippen molar-refractivity contribution in [3.8, 4) is 5.75 Å². The molecule has 3 heterocycles. The molecule has 2 bridgehead atoms. The molecule has 1 saturated carbocycles. The molecule has 0 spiro atoms. The molecule has 242 valence electrons. The molecule has 10 nitrogen and oxygen atoms in total. The fraction of sp³-hybridized carbons (Fsp3) is 0.306. The number of hydrogen-bond donors (Lipinski definition) is 2. The van der Waals surface area contributed by atoms with Gasteiger partial charge in [0.1, 0.15) is 18.2 Å². The van der Waals surface area contributed by atoms with Crippen molar-refractivity contribution in [1.29, 1.82) is 0 Å². The first-order chi connectivity index (χ1) is 22.8. The second-order valence-corrected chi connectivity index (χ2v) is 12.1. The van der Waals surface area contributed by atoms with E-state index in [-0.39, 0.29) is 49.3 Å². The molecule has 4 aromatic rings. The third-order valence-corrected chi connectivity index (χ3v) is 8.90. The van der Waals surface area contributed by atoms with Gasteiger partial charge in [-0.3, -0.25) is 19.0 Å². The van der Waals surface area contributed by atoms with Crippen molar-refractivity contribution in [1.82, 2.24) is 19.8 Å². The van der Waals surface area contributed by atoms with E-state index in [2.05, 4.69) is 5.32 Å². The van der Waals surface area contributed by atoms with Crippen molar-refractivity contribution in [2.45, 2.75) is 57.3 Å². The van der Waals surface area contributed by atoms with E-state index in [0.717, 1.165) is 17.5 Å². The largest absolute Gasteiger partial charge is 0.481 e. The van der Waals surface area contributed by atoms with Crippen molar-refractivity contribution in [2.75, 3.05) is 6.54 Å². The number of nitrogens with one attached hydrogen (secondary N) is 1. The second kappa shape index (κ2) is 14.0. The summed E-state index contributed by atoms with van der Waals surface area (Å²) < 4.78 is 20.8. The predicted molar refractivity (Wildman–Crippen MR) is 171 cm³/mol. The molecule has 2 aliphatic heterocycles. The zero-order chi connectivity index (χ0) is 32.9. The fourth-order valence-corrected chi connectivity index (χ4v) is 6.59. The normalized spacial score (nSPS) is 18.1. The predicted octanol–water partition coefficient (Wildman–Crippen LogP) is 4.95. The molecule has 1 aromatic heterocycles. The Morgan fingerprint density at radius 1 is 0.936 bits per heavy atom. The van der Waals surface area contributed by atoms with Crippen LogP contribution in [0.1, 0.15) is 58.2 Å². The average Bonchev–Trinajstić information content (AvgIpc) is 3.35. The highest BCUT2D eigenvalue weighted by atomic mass is 19.1. The Morgan fingerprint density at radius 2 is 1.62 bits per heavy atom. The number of fused-ring (bicyclic) bond motifs is 2. The van der Waals surface area contributed by atoms with Gasteiger partial charge in [-0.2, -0.15) is 0 Å². The highest BCUT2D eigenvalue weighted by molar-refractivity contribution is 5.97. The lowest BCUT2D eigenvalue weighted by Crippen LogP contribution is -2.45. The number of Topliss-reactive ketones (excluding diaryl/α,β-unsaturated/α-hetero) is 1. The van der Waals surface area contributed by atoms with Gasteiger partial charge in [0.05, 0.1) is 6.54 Å². The van der Waals surface area contributed by atoms with Crippen LogP contribution in [0.5, 0.6) is 5.75 Å². The molecular weight excluding hydrogens is 603 g/mol. The van der Waals surface area contributed by atoms with Gasteiger partial charge in [0.2, 0.25) is 5.75 Å². The number of aromatic nitrogens is 2. The first-order valence-electron chi connectivity index (χ1n) is 15.7. The number of nitrogens with zero attached hydrogens (tertiary/aromatic N) is 3. The van der Waals surface area contributed by atoms with Crippen LogP contribution in [0.15, 0.2) is 89.7 Å². The zero-order valence-electron chi connectivity index (χ0n) is 25.7. The van der Waals surface area contributed by atoms with E-state index < -0.39 is 35.3 Å². The minimum Gasteiger partial charge on any atom is -0.481 e. The maximum Gasteiger partial charge on any atom is 0.407 e. The molecule has 0 radical (unpaired) electrons. The van der Waals surface area contributed by atoms with Gasteiger partial charge in [-0.15, -0.1) is 0 Å². The van der Waals surface area contributed by atoms with Crippen molar-refractivity contribution >= 4 is 17.8 Å². The van der Waals surface area contributed by atoms with Crippen LogP contribution in [0, 0.1) is 11.7 Å². The van der Waals surface area contributed by atoms with E-state index >= 15 is 0 Å². The average molecular weight is 639 g/mol. The summed E-state index contributed by atoms with van der Waals surface area (Å²) in [6, 6.07) is 23.6. The van der Waals surface area contributed by atoms with Crippen molar-refractivity contribution in [3.63, 3.8) is 0 Å². The first-order valence-corrected chi connectivity index (χ1v) is 15.7. The van der Waals surface area contributed by atoms with Crippen molar-refractivity contribution in [3.05, 3.63) is 129 Å². The number of ketones is 1. The van der Waals surface area contributed by atoms with E-state index in [1.54, 1.807) is 4.57 Å². The smallest absolute Gasteiger partial charge is 0.407 e. The molecule has 11 heteroatoms. The summed E-state index contributed by atoms with van der Waals surface area (Å²) >= 11 is 0. The van der Waals surface area contributed by atoms with Gasteiger partial charge in [0.15, 0.2) is 11.5 Å². The number of carbonyl (C=O) groups excluding carboxylic acids is 2. The van der Waals surface area contributed by atoms with E-state index in [0.29, 0.717) is 30.8 Å². The monoisotopic (exact) mass is 638 g/mol. The fourth-order valence-electron chi connectivity index (χ4n) is 6.59. The number of halogens is 1. The Balaban J connectivity index is 1.32. The molecule has 2 N–H and O–H groups in total. The van der Waals surface area contributed by atoms with Crippen molar-refractivity contribution in [2.24, 2.45) is 5.92 Å². The van der Waals surface area contributed by atoms with Gasteiger partial charge >= 0.3 is 6.09 Å². The van der Waals surface area contributed by atoms with Gasteiger partial charge in [0, 0.05) is 31.5 Å². The summed E-state index contributed by atoms with van der Waals surface area (Å²) in [5.41, 5.74) is 1.46. The number of benzene rings is 3. The second-order valence-electron chi connectivity index (χ2n) is 12.1. The Labute approximate surface area is 270 Å². The lowest BCUT2D eigenvalue weighted by molar-refractivity contribution is -0.117. The van der Waals surface area contributed by atoms with Gasteiger partial charge in [0.25, 0.3) is 11.5 Å². The Morgan fingerprint density at radius 3 is 2.30 bits per heavy atom. The summed E-state index contributed by atoms with van der Waals surface area (Å²) in [4.78, 5) is 59.3. The standard InChI is InChI=1S/C36H35FN4O6/c37-27-14-11-23(12-15-27)17-28(42)19-38-34(43)31-32(47-22-25-9-5-2-6-10-25)35(44)41-21-26-13-16-29(33(41)39-31)30(18-26)40(36(45)46)20-24-7-3-1-4-8-24/h1-12,14-15,26,29-30H,13,16-22H2,(H,38,43)(H,45,46). The number of hydrogen-bond acceptors (Lipinski definition) is 6. The number of ether oxygens (including phenoxy) is 1. The maximum atomic E-state index is 14.1. The summed E-state index contributed by atoms with van der Waals surface area (Å²) in [7, 11) is 0. The van der Waals surface area contributed by atoms with Crippen LogP contribution in [0.25, 0.3) is 0 Å². The van der Waals surface area contributed by atoms with Crippen molar-refractivity contribution < 1.29 is 28.6 Å². The molecule has 1 fully saturated rings. The van der Waals surface area contributed by atoms with E-state index in [9.17, 15) is 28.7 Å². The molecule has 3 unspecified atom stereocenters. The van der Waals surface area contributed by atoms with E-state index in [1.807, 2.05) is 60.7 Å². The van der Waals surface area contributed by atoms with Crippen LogP contribution in [-0.4, -0.2) is 49.9 Å². The number of carbonyl (C=O) groups is 3. The summed E-state index contributed by atoms with van der Waals surface area (Å²) in [6.07, 6.45) is 0.840. The zero-order valence-corrected chi connectivity index (χ0v) is 25.7. The van der Waals surface area contributed by atoms with Crippen LogP contribution in [-0.2, 0) is 30.9 Å². The molecule has 3 aromatic carbocycles. The minimum absolute atomic E-state index is 0.0141. The van der Waals surface area contributed by atoms with E-state index in [1.165, 1.54) is 29.2 Å². The SMILES string of the molecule is O=C(CNC(=O)c1nc2n(c(=O)c1OCc1ccccc1)CC1CCC2C(N(Cc2ccccc2)C(=O)O)C1)Cc1ccc(F)cc1. The first kappa shape index (κ1) is 31.7. The highest BCUT2D eigenvalue weighted by Gasteiger charge is 2.43. The van der Waals surface area contributed by atoms with Crippen LogP contribution < -0.4 is 15.6 Å². The van der Waals surface area contributed by atoms with Gasteiger partial charge in [-0.1, -0.05) is 72.8 Å². The van der Waals surface area contributed by atoms with E-state index in [4.69, 9.17) is 9.72 Å².